The molecule has 3 N–H and O–H groups in total. The van der Waals surface area contributed by atoms with E-state index in [4.69, 9.17) is 15.2 Å². The minimum absolute atomic E-state index is 0.265. The highest BCUT2D eigenvalue weighted by atomic mass is 16.5. The summed E-state index contributed by atoms with van der Waals surface area (Å²) < 4.78 is 10.3. The normalized spacial score (nSPS) is 10.0. The van der Waals surface area contributed by atoms with Crippen molar-refractivity contribution in [2.75, 3.05) is 24.8 Å². The zero-order valence-corrected chi connectivity index (χ0v) is 11.9. The van der Waals surface area contributed by atoms with Gasteiger partial charge in [-0.1, -0.05) is 0 Å². The number of benzene rings is 1. The molecule has 0 spiro atoms. The Bertz CT molecular complexity index is 627. The number of methoxy groups -OCH3 is 1. The van der Waals surface area contributed by atoms with Gasteiger partial charge in [-0.2, -0.15) is 0 Å². The molecular formula is C15H17N3O3. The smallest absolute Gasteiger partial charge is 0.255 e. The van der Waals surface area contributed by atoms with Crippen molar-refractivity contribution in [3.63, 3.8) is 0 Å². The van der Waals surface area contributed by atoms with Crippen LogP contribution in [0.4, 0.5) is 11.4 Å². The molecule has 0 aliphatic heterocycles. The van der Waals surface area contributed by atoms with Crippen LogP contribution in [0, 0.1) is 0 Å². The third-order valence-electron chi connectivity index (χ3n) is 2.78. The third-order valence-corrected chi connectivity index (χ3v) is 2.78. The van der Waals surface area contributed by atoms with Gasteiger partial charge in [-0.15, -0.1) is 0 Å². The van der Waals surface area contributed by atoms with Crippen LogP contribution in [0.2, 0.25) is 0 Å². The van der Waals surface area contributed by atoms with Crippen molar-refractivity contribution >= 4 is 17.3 Å². The van der Waals surface area contributed by atoms with Crippen LogP contribution < -0.4 is 20.5 Å². The summed E-state index contributed by atoms with van der Waals surface area (Å²) in [5.41, 5.74) is 7.24. The topological polar surface area (TPSA) is 86.5 Å². The van der Waals surface area contributed by atoms with E-state index >= 15 is 0 Å². The van der Waals surface area contributed by atoms with Crippen molar-refractivity contribution in [1.82, 2.24) is 4.98 Å². The number of aromatic nitrogens is 1. The molecule has 21 heavy (non-hydrogen) atoms. The van der Waals surface area contributed by atoms with Crippen molar-refractivity contribution in [2.45, 2.75) is 6.92 Å². The van der Waals surface area contributed by atoms with Crippen molar-refractivity contribution < 1.29 is 14.3 Å². The van der Waals surface area contributed by atoms with Crippen molar-refractivity contribution in [2.24, 2.45) is 0 Å². The number of anilines is 2. The first-order chi connectivity index (χ1) is 10.1. The van der Waals surface area contributed by atoms with Gasteiger partial charge in [0.2, 0.25) is 5.88 Å². The van der Waals surface area contributed by atoms with Crippen molar-refractivity contribution in [3.05, 3.63) is 42.1 Å². The number of rotatable bonds is 5. The van der Waals surface area contributed by atoms with Crippen LogP contribution in [-0.4, -0.2) is 24.6 Å². The van der Waals surface area contributed by atoms with E-state index in [0.717, 1.165) is 0 Å². The quantitative estimate of drug-likeness (QED) is 0.824. The van der Waals surface area contributed by atoms with E-state index in [1.54, 1.807) is 30.3 Å². The van der Waals surface area contributed by atoms with E-state index in [1.807, 2.05) is 6.92 Å². The highest BCUT2D eigenvalue weighted by Gasteiger charge is 2.09. The SMILES string of the molecule is CCOc1ccc(NC(=O)c2ccc(N)c(OC)c2)cn1. The average Bonchev–Trinajstić information content (AvgIpc) is 2.50. The Morgan fingerprint density at radius 1 is 1.33 bits per heavy atom. The first-order valence-corrected chi connectivity index (χ1v) is 6.47. The molecule has 6 nitrogen and oxygen atoms in total. The Kier molecular flexibility index (Phi) is 4.61. The molecule has 0 fully saturated rings. The fraction of sp³-hybridized carbons (Fsp3) is 0.200. The van der Waals surface area contributed by atoms with Crippen LogP contribution in [0.25, 0.3) is 0 Å². The maximum atomic E-state index is 12.1. The standard InChI is InChI=1S/C15H17N3O3/c1-3-21-14-7-5-11(9-17-14)18-15(19)10-4-6-12(16)13(8-10)20-2/h4-9H,3,16H2,1-2H3,(H,18,19). The number of hydrogen-bond acceptors (Lipinski definition) is 5. The zero-order valence-electron chi connectivity index (χ0n) is 11.9. The van der Waals surface area contributed by atoms with Gasteiger partial charge < -0.3 is 20.5 Å². The van der Waals surface area contributed by atoms with Crippen LogP contribution in [0.3, 0.4) is 0 Å². The molecule has 1 heterocycles. The lowest BCUT2D eigenvalue weighted by molar-refractivity contribution is 0.102. The van der Waals surface area contributed by atoms with Gasteiger partial charge in [0.1, 0.15) is 5.75 Å². The van der Waals surface area contributed by atoms with E-state index in [1.165, 1.54) is 13.3 Å². The van der Waals surface area contributed by atoms with Crippen LogP contribution in [-0.2, 0) is 0 Å². The molecule has 0 aliphatic rings. The largest absolute Gasteiger partial charge is 0.495 e. The summed E-state index contributed by atoms with van der Waals surface area (Å²) in [5, 5.41) is 2.74. The van der Waals surface area contributed by atoms with E-state index in [0.29, 0.717) is 35.2 Å². The molecule has 0 aliphatic carbocycles. The summed E-state index contributed by atoms with van der Waals surface area (Å²) in [7, 11) is 1.50. The van der Waals surface area contributed by atoms with E-state index in [-0.39, 0.29) is 5.91 Å². The maximum absolute atomic E-state index is 12.1. The summed E-state index contributed by atoms with van der Waals surface area (Å²) in [4.78, 5) is 16.2. The Morgan fingerprint density at radius 2 is 2.14 bits per heavy atom. The number of ether oxygens (including phenoxy) is 2. The van der Waals surface area contributed by atoms with Crippen LogP contribution >= 0.6 is 0 Å². The molecule has 1 amide bonds. The first kappa shape index (κ1) is 14.6. The van der Waals surface area contributed by atoms with Crippen LogP contribution in [0.1, 0.15) is 17.3 Å². The number of pyridine rings is 1. The summed E-state index contributed by atoms with van der Waals surface area (Å²) in [6.07, 6.45) is 1.54. The number of nitrogens with two attached hydrogens (primary N) is 1. The van der Waals surface area contributed by atoms with Gasteiger partial charge in [-0.3, -0.25) is 4.79 Å². The minimum atomic E-state index is -0.265. The van der Waals surface area contributed by atoms with Gasteiger partial charge in [0.05, 0.1) is 31.3 Å². The Labute approximate surface area is 122 Å². The number of carbonyl (C=O) groups excluding carboxylic acids is 1. The second-order valence-electron chi connectivity index (χ2n) is 4.23. The molecule has 0 unspecified atom stereocenters. The van der Waals surface area contributed by atoms with E-state index < -0.39 is 0 Å². The molecule has 0 atom stereocenters. The monoisotopic (exact) mass is 287 g/mol. The zero-order chi connectivity index (χ0) is 15.2. The van der Waals surface area contributed by atoms with Crippen molar-refractivity contribution in [3.8, 4) is 11.6 Å². The first-order valence-electron chi connectivity index (χ1n) is 6.47. The fourth-order valence-corrected chi connectivity index (χ4v) is 1.74. The predicted octanol–water partition coefficient (Wildman–Crippen LogP) is 2.32. The van der Waals surface area contributed by atoms with Gasteiger partial charge >= 0.3 is 0 Å². The molecule has 2 rings (SSSR count). The molecule has 1 aromatic carbocycles. The summed E-state index contributed by atoms with van der Waals surface area (Å²) in [6.45, 7) is 2.43. The van der Waals surface area contributed by atoms with Gasteiger partial charge in [-0.25, -0.2) is 4.98 Å². The van der Waals surface area contributed by atoms with Crippen molar-refractivity contribution in [1.29, 1.82) is 0 Å². The third kappa shape index (κ3) is 3.62. The lowest BCUT2D eigenvalue weighted by Gasteiger charge is -2.09. The molecule has 2 aromatic rings. The molecule has 0 radical (unpaired) electrons. The number of amides is 1. The molecule has 6 heteroatoms. The van der Waals surface area contributed by atoms with Gasteiger partial charge in [0.25, 0.3) is 5.91 Å². The minimum Gasteiger partial charge on any atom is -0.495 e. The highest BCUT2D eigenvalue weighted by molar-refractivity contribution is 6.04. The van der Waals surface area contributed by atoms with Gasteiger partial charge in [0, 0.05) is 11.6 Å². The summed E-state index contributed by atoms with van der Waals surface area (Å²) >= 11 is 0. The second-order valence-corrected chi connectivity index (χ2v) is 4.23. The number of carbonyl (C=O) groups is 1. The average molecular weight is 287 g/mol. The Balaban J connectivity index is 2.10. The van der Waals surface area contributed by atoms with E-state index in [9.17, 15) is 4.79 Å². The highest BCUT2D eigenvalue weighted by Crippen LogP contribution is 2.22. The number of nitrogens with zero attached hydrogens (tertiary/aromatic N) is 1. The van der Waals surface area contributed by atoms with E-state index in [2.05, 4.69) is 10.3 Å². The Morgan fingerprint density at radius 3 is 2.76 bits per heavy atom. The Hall–Kier alpha value is -2.76. The van der Waals surface area contributed by atoms with Crippen LogP contribution in [0.5, 0.6) is 11.6 Å². The lowest BCUT2D eigenvalue weighted by atomic mass is 10.1. The fourth-order valence-electron chi connectivity index (χ4n) is 1.74. The number of hydrogen-bond donors (Lipinski definition) is 2. The van der Waals surface area contributed by atoms with Crippen LogP contribution in [0.15, 0.2) is 36.5 Å². The second kappa shape index (κ2) is 6.60. The molecular weight excluding hydrogens is 270 g/mol. The molecule has 1 aromatic heterocycles. The summed E-state index contributed by atoms with van der Waals surface area (Å²) in [6, 6.07) is 8.28. The molecule has 0 bridgehead atoms. The molecule has 0 saturated carbocycles. The molecule has 0 saturated heterocycles. The number of nitrogens with one attached hydrogen (secondary N) is 1. The predicted molar refractivity (Wildman–Crippen MR) is 80.8 cm³/mol. The number of nitrogen functional groups attached to an aromatic ring is 1. The van der Waals surface area contributed by atoms with Gasteiger partial charge in [0.15, 0.2) is 0 Å². The summed E-state index contributed by atoms with van der Waals surface area (Å²) in [5.74, 6) is 0.719. The molecule has 110 valence electrons. The lowest BCUT2D eigenvalue weighted by Crippen LogP contribution is -2.12. The maximum Gasteiger partial charge on any atom is 0.255 e. The van der Waals surface area contributed by atoms with Gasteiger partial charge in [-0.05, 0) is 31.2 Å².